The summed E-state index contributed by atoms with van der Waals surface area (Å²) in [4.78, 5) is 31.6. The van der Waals surface area contributed by atoms with E-state index >= 15 is 0 Å². The van der Waals surface area contributed by atoms with Gasteiger partial charge in [0.1, 0.15) is 5.52 Å². The number of aromatic nitrogens is 1. The molecule has 3 amide bonds. The van der Waals surface area contributed by atoms with Gasteiger partial charge in [0, 0.05) is 10.8 Å². The van der Waals surface area contributed by atoms with Gasteiger partial charge in [0.15, 0.2) is 11.5 Å². The first-order valence-corrected chi connectivity index (χ1v) is 10.2. The summed E-state index contributed by atoms with van der Waals surface area (Å²) in [7, 11) is 0. The number of nitrogens with zero attached hydrogens (tertiary/aromatic N) is 2. The highest BCUT2D eigenvalue weighted by molar-refractivity contribution is 7.09. The number of likely N-dealkylation sites (tertiary alicyclic amines) is 1. The molecule has 2 N–H and O–H groups in total. The molecule has 7 nitrogen and oxygen atoms in total. The van der Waals surface area contributed by atoms with E-state index in [9.17, 15) is 9.59 Å². The van der Waals surface area contributed by atoms with Gasteiger partial charge in [0.2, 0.25) is 5.91 Å². The van der Waals surface area contributed by atoms with Crippen LogP contribution in [0.4, 0.5) is 4.79 Å². The second kappa shape index (κ2) is 8.53. The van der Waals surface area contributed by atoms with Crippen molar-refractivity contribution < 1.29 is 14.0 Å². The zero-order valence-electron chi connectivity index (χ0n) is 15.4. The molecule has 1 aliphatic heterocycles. The van der Waals surface area contributed by atoms with Gasteiger partial charge in [-0.15, -0.1) is 11.3 Å². The molecular formula is C20H22N4O3S. The third-order valence-electron chi connectivity index (χ3n) is 4.87. The third-order valence-corrected chi connectivity index (χ3v) is 5.75. The minimum atomic E-state index is -0.459. The number of para-hydroxylation sites is 2. The lowest BCUT2D eigenvalue weighted by atomic mass is 9.97. The zero-order chi connectivity index (χ0) is 19.3. The Morgan fingerprint density at radius 2 is 2.00 bits per heavy atom. The van der Waals surface area contributed by atoms with E-state index < -0.39 is 6.03 Å². The largest absolute Gasteiger partial charge is 0.440 e. The maximum Gasteiger partial charge on any atom is 0.321 e. The highest BCUT2D eigenvalue weighted by atomic mass is 32.1. The van der Waals surface area contributed by atoms with Gasteiger partial charge in [0.25, 0.3) is 0 Å². The maximum absolute atomic E-state index is 12.1. The molecule has 3 heterocycles. The Labute approximate surface area is 166 Å². The number of imide groups is 1. The zero-order valence-corrected chi connectivity index (χ0v) is 16.2. The Morgan fingerprint density at radius 1 is 1.18 bits per heavy atom. The molecular weight excluding hydrogens is 376 g/mol. The number of amides is 3. The van der Waals surface area contributed by atoms with E-state index in [0.29, 0.717) is 6.54 Å². The number of urea groups is 1. The van der Waals surface area contributed by atoms with E-state index in [1.54, 1.807) is 11.3 Å². The molecule has 0 saturated carbocycles. The summed E-state index contributed by atoms with van der Waals surface area (Å²) >= 11 is 1.56. The summed E-state index contributed by atoms with van der Waals surface area (Å²) < 4.78 is 5.87. The van der Waals surface area contributed by atoms with Crippen LogP contribution in [0.25, 0.3) is 11.1 Å². The van der Waals surface area contributed by atoms with Gasteiger partial charge < -0.3 is 9.73 Å². The molecule has 1 aliphatic rings. The number of hydrogen-bond donors (Lipinski definition) is 2. The predicted octanol–water partition coefficient (Wildman–Crippen LogP) is 3.09. The number of fused-ring (bicyclic) bond motifs is 1. The Balaban J connectivity index is 1.21. The van der Waals surface area contributed by atoms with E-state index in [1.807, 2.05) is 41.8 Å². The number of carbonyl (C=O) groups excluding carboxylic acids is 2. The van der Waals surface area contributed by atoms with E-state index in [1.165, 1.54) is 0 Å². The highest BCUT2D eigenvalue weighted by Crippen LogP contribution is 2.29. The predicted molar refractivity (Wildman–Crippen MR) is 107 cm³/mol. The average Bonchev–Trinajstić information content (AvgIpc) is 3.36. The second-order valence-electron chi connectivity index (χ2n) is 6.88. The number of nitrogens with one attached hydrogen (secondary N) is 2. The quantitative estimate of drug-likeness (QED) is 0.690. The van der Waals surface area contributed by atoms with Crippen LogP contribution in [0.15, 0.2) is 46.2 Å². The monoisotopic (exact) mass is 398 g/mol. The van der Waals surface area contributed by atoms with Crippen molar-refractivity contribution in [3.05, 3.63) is 52.5 Å². The van der Waals surface area contributed by atoms with Gasteiger partial charge in [-0.05, 0) is 49.5 Å². The normalized spacial score (nSPS) is 15.6. The summed E-state index contributed by atoms with van der Waals surface area (Å²) in [5.74, 6) is 0.753. The standard InChI is InChI=1S/C20H22N4O3S/c25-18(23-20(26)21-12-15-4-3-11-28-15)13-24-9-7-14(8-10-24)19-22-16-5-1-2-6-17(16)27-19/h1-6,11,14H,7-10,12-13H2,(H2,21,23,25,26). The lowest BCUT2D eigenvalue weighted by molar-refractivity contribution is -0.121. The number of piperidine rings is 1. The fraction of sp³-hybridized carbons (Fsp3) is 0.350. The average molecular weight is 398 g/mol. The van der Waals surface area contributed by atoms with Gasteiger partial charge >= 0.3 is 6.03 Å². The van der Waals surface area contributed by atoms with Crippen molar-refractivity contribution in [2.75, 3.05) is 19.6 Å². The van der Waals surface area contributed by atoms with Crippen LogP contribution in [0.3, 0.4) is 0 Å². The molecule has 4 rings (SSSR count). The fourth-order valence-electron chi connectivity index (χ4n) is 3.40. The summed E-state index contributed by atoms with van der Waals surface area (Å²) in [6.45, 7) is 2.18. The molecule has 0 radical (unpaired) electrons. The van der Waals surface area contributed by atoms with Crippen molar-refractivity contribution in [1.82, 2.24) is 20.5 Å². The molecule has 28 heavy (non-hydrogen) atoms. The molecule has 0 bridgehead atoms. The van der Waals surface area contributed by atoms with Crippen LogP contribution in [-0.2, 0) is 11.3 Å². The van der Waals surface area contributed by atoms with Crippen molar-refractivity contribution in [3.63, 3.8) is 0 Å². The van der Waals surface area contributed by atoms with Gasteiger partial charge in [-0.2, -0.15) is 0 Å². The molecule has 146 valence electrons. The van der Waals surface area contributed by atoms with Crippen molar-refractivity contribution in [1.29, 1.82) is 0 Å². The van der Waals surface area contributed by atoms with Crippen LogP contribution in [0.5, 0.6) is 0 Å². The molecule has 1 aromatic carbocycles. The van der Waals surface area contributed by atoms with Crippen LogP contribution < -0.4 is 10.6 Å². The van der Waals surface area contributed by atoms with E-state index in [0.717, 1.165) is 47.8 Å². The van der Waals surface area contributed by atoms with Crippen molar-refractivity contribution in [2.24, 2.45) is 0 Å². The Hall–Kier alpha value is -2.71. The van der Waals surface area contributed by atoms with Crippen molar-refractivity contribution >= 4 is 34.4 Å². The van der Waals surface area contributed by atoms with Gasteiger partial charge in [0.05, 0.1) is 13.1 Å². The lowest BCUT2D eigenvalue weighted by Crippen LogP contribution is -2.45. The first-order valence-electron chi connectivity index (χ1n) is 9.35. The number of carbonyl (C=O) groups is 2. The molecule has 3 aromatic rings. The first kappa shape index (κ1) is 18.6. The topological polar surface area (TPSA) is 87.5 Å². The lowest BCUT2D eigenvalue weighted by Gasteiger charge is -2.29. The number of benzene rings is 1. The number of rotatable bonds is 5. The Morgan fingerprint density at radius 3 is 2.75 bits per heavy atom. The minimum absolute atomic E-state index is 0.215. The van der Waals surface area contributed by atoms with E-state index in [2.05, 4.69) is 20.5 Å². The summed E-state index contributed by atoms with van der Waals surface area (Å²) in [5, 5.41) is 7.04. The number of thiophene rings is 1. The Kier molecular flexibility index (Phi) is 5.68. The maximum atomic E-state index is 12.1. The smallest absolute Gasteiger partial charge is 0.321 e. The van der Waals surface area contributed by atoms with E-state index in [-0.39, 0.29) is 18.4 Å². The SMILES string of the molecule is O=C(CN1CCC(c2nc3ccccc3o2)CC1)NC(=O)NCc1cccs1. The second-order valence-corrected chi connectivity index (χ2v) is 7.91. The molecule has 8 heteroatoms. The molecule has 2 aromatic heterocycles. The molecule has 0 aliphatic carbocycles. The molecule has 1 fully saturated rings. The van der Waals surface area contributed by atoms with Gasteiger partial charge in [-0.1, -0.05) is 18.2 Å². The van der Waals surface area contributed by atoms with Crippen molar-refractivity contribution in [3.8, 4) is 0 Å². The third kappa shape index (κ3) is 4.58. The van der Waals surface area contributed by atoms with E-state index in [4.69, 9.17) is 4.42 Å². The minimum Gasteiger partial charge on any atom is -0.440 e. The van der Waals surface area contributed by atoms with Crippen LogP contribution in [0, 0.1) is 0 Å². The fourth-order valence-corrected chi connectivity index (χ4v) is 4.04. The number of oxazole rings is 1. The molecule has 0 spiro atoms. The van der Waals surface area contributed by atoms with Crippen LogP contribution in [0.1, 0.15) is 29.5 Å². The van der Waals surface area contributed by atoms with Crippen LogP contribution in [-0.4, -0.2) is 41.5 Å². The summed E-state index contributed by atoms with van der Waals surface area (Å²) in [6.07, 6.45) is 1.76. The van der Waals surface area contributed by atoms with Crippen LogP contribution >= 0.6 is 11.3 Å². The highest BCUT2D eigenvalue weighted by Gasteiger charge is 2.25. The molecule has 0 atom stereocenters. The summed E-state index contributed by atoms with van der Waals surface area (Å²) in [6, 6.07) is 11.2. The van der Waals surface area contributed by atoms with Crippen molar-refractivity contribution in [2.45, 2.75) is 25.3 Å². The summed E-state index contributed by atoms with van der Waals surface area (Å²) in [5.41, 5.74) is 1.70. The molecule has 1 saturated heterocycles. The Bertz CT molecular complexity index is 912. The molecule has 0 unspecified atom stereocenters. The number of hydrogen-bond acceptors (Lipinski definition) is 6. The first-order chi connectivity index (χ1) is 13.7. The van der Waals surface area contributed by atoms with Gasteiger partial charge in [-0.3, -0.25) is 15.0 Å². The van der Waals surface area contributed by atoms with Gasteiger partial charge in [-0.25, -0.2) is 9.78 Å². The van der Waals surface area contributed by atoms with Crippen LogP contribution in [0.2, 0.25) is 0 Å².